The highest BCUT2D eigenvalue weighted by molar-refractivity contribution is 9.10. The molecule has 0 amide bonds. The van der Waals surface area contributed by atoms with Crippen LogP contribution in [0.3, 0.4) is 0 Å². The Hall–Kier alpha value is -2.09. The molecule has 0 aromatic carbocycles. The van der Waals surface area contributed by atoms with Crippen LogP contribution in [-0.2, 0) is 13.1 Å². The van der Waals surface area contributed by atoms with Gasteiger partial charge in [-0.05, 0) is 28.9 Å². The fraction of sp³-hybridized carbons (Fsp3) is 0.250. The molecule has 3 heterocycles. The van der Waals surface area contributed by atoms with E-state index in [0.29, 0.717) is 6.54 Å². The van der Waals surface area contributed by atoms with Crippen molar-refractivity contribution in [3.8, 4) is 11.3 Å². The second kappa shape index (κ2) is 5.49. The van der Waals surface area contributed by atoms with Gasteiger partial charge in [0.1, 0.15) is 11.4 Å². The molecule has 0 saturated carbocycles. The first-order valence-corrected chi connectivity index (χ1v) is 6.94. The SMILES string of the molecule is CCn1ncc(Cn2cc(-c3cncc(Br)c3)nn2)n1. The fourth-order valence-electron chi connectivity index (χ4n) is 1.78. The molecule has 0 saturated heterocycles. The lowest BCUT2D eigenvalue weighted by Gasteiger charge is -1.96. The summed E-state index contributed by atoms with van der Waals surface area (Å²) in [4.78, 5) is 5.76. The molecule has 0 aliphatic rings. The van der Waals surface area contributed by atoms with E-state index >= 15 is 0 Å². The average molecular weight is 334 g/mol. The lowest BCUT2D eigenvalue weighted by atomic mass is 10.2. The molecule has 3 aromatic rings. The van der Waals surface area contributed by atoms with Crippen molar-refractivity contribution >= 4 is 15.9 Å². The molecule has 20 heavy (non-hydrogen) atoms. The van der Waals surface area contributed by atoms with Gasteiger partial charge >= 0.3 is 0 Å². The number of rotatable bonds is 4. The normalized spacial score (nSPS) is 10.9. The summed E-state index contributed by atoms with van der Waals surface area (Å²) in [7, 11) is 0. The Morgan fingerprint density at radius 1 is 1.25 bits per heavy atom. The number of nitrogens with zero attached hydrogens (tertiary/aromatic N) is 7. The van der Waals surface area contributed by atoms with Crippen LogP contribution in [0.4, 0.5) is 0 Å². The lowest BCUT2D eigenvalue weighted by molar-refractivity contribution is 0.554. The summed E-state index contributed by atoms with van der Waals surface area (Å²) in [6.07, 6.45) is 7.10. The maximum absolute atomic E-state index is 4.32. The first kappa shape index (κ1) is 12.9. The van der Waals surface area contributed by atoms with Crippen molar-refractivity contribution in [1.29, 1.82) is 0 Å². The zero-order valence-electron chi connectivity index (χ0n) is 10.8. The predicted molar refractivity (Wildman–Crippen MR) is 75.8 cm³/mol. The van der Waals surface area contributed by atoms with Crippen LogP contribution in [0.5, 0.6) is 0 Å². The van der Waals surface area contributed by atoms with Gasteiger partial charge < -0.3 is 0 Å². The van der Waals surface area contributed by atoms with Crippen LogP contribution in [-0.4, -0.2) is 35.0 Å². The van der Waals surface area contributed by atoms with Gasteiger partial charge in [0.05, 0.1) is 25.5 Å². The topological polar surface area (TPSA) is 74.3 Å². The molecule has 0 aliphatic carbocycles. The predicted octanol–water partition coefficient (Wildman–Crippen LogP) is 1.76. The van der Waals surface area contributed by atoms with Crippen molar-refractivity contribution in [3.05, 3.63) is 41.0 Å². The van der Waals surface area contributed by atoms with Crippen molar-refractivity contribution in [3.63, 3.8) is 0 Å². The van der Waals surface area contributed by atoms with E-state index in [1.54, 1.807) is 28.1 Å². The summed E-state index contributed by atoms with van der Waals surface area (Å²) < 4.78 is 2.65. The molecular weight excluding hydrogens is 322 g/mol. The third-order valence-electron chi connectivity index (χ3n) is 2.73. The molecule has 0 fully saturated rings. The molecule has 8 heteroatoms. The van der Waals surface area contributed by atoms with E-state index in [0.717, 1.165) is 28.0 Å². The van der Waals surface area contributed by atoms with Crippen LogP contribution in [0.25, 0.3) is 11.3 Å². The van der Waals surface area contributed by atoms with Crippen molar-refractivity contribution in [1.82, 2.24) is 35.0 Å². The molecule has 0 radical (unpaired) electrons. The molecule has 0 spiro atoms. The molecule has 0 aliphatic heterocycles. The zero-order valence-corrected chi connectivity index (χ0v) is 12.4. The highest BCUT2D eigenvalue weighted by atomic mass is 79.9. The zero-order chi connectivity index (χ0) is 13.9. The number of aryl methyl sites for hydroxylation is 1. The molecule has 0 bridgehead atoms. The number of hydrogen-bond donors (Lipinski definition) is 0. The molecule has 7 nitrogen and oxygen atoms in total. The van der Waals surface area contributed by atoms with Gasteiger partial charge in [0, 0.05) is 22.4 Å². The van der Waals surface area contributed by atoms with Gasteiger partial charge in [0.2, 0.25) is 0 Å². The quantitative estimate of drug-likeness (QED) is 0.727. The highest BCUT2D eigenvalue weighted by Crippen LogP contribution is 2.19. The summed E-state index contributed by atoms with van der Waals surface area (Å²) in [6, 6.07) is 1.95. The molecular formula is C12H12BrN7. The summed E-state index contributed by atoms with van der Waals surface area (Å²) in [5.74, 6) is 0. The van der Waals surface area contributed by atoms with E-state index in [9.17, 15) is 0 Å². The van der Waals surface area contributed by atoms with Gasteiger partial charge in [-0.3, -0.25) is 4.98 Å². The largest absolute Gasteiger partial charge is 0.263 e. The van der Waals surface area contributed by atoms with Crippen LogP contribution in [0, 0.1) is 0 Å². The van der Waals surface area contributed by atoms with Gasteiger partial charge in [-0.1, -0.05) is 5.21 Å². The van der Waals surface area contributed by atoms with E-state index in [4.69, 9.17) is 0 Å². The molecule has 3 aromatic heterocycles. The highest BCUT2D eigenvalue weighted by Gasteiger charge is 2.07. The van der Waals surface area contributed by atoms with Crippen molar-refractivity contribution < 1.29 is 0 Å². The minimum atomic E-state index is 0.550. The van der Waals surface area contributed by atoms with Crippen molar-refractivity contribution in [2.24, 2.45) is 0 Å². The summed E-state index contributed by atoms with van der Waals surface area (Å²) in [6.45, 7) is 3.30. The monoisotopic (exact) mass is 333 g/mol. The fourth-order valence-corrected chi connectivity index (χ4v) is 2.15. The standard InChI is InChI=1S/C12H12BrN7/c1-2-20-15-6-11(17-20)7-19-8-12(16-18-19)9-3-10(13)5-14-4-9/h3-6,8H,2,7H2,1H3. The third kappa shape index (κ3) is 2.74. The maximum Gasteiger partial charge on any atom is 0.114 e. The first-order chi connectivity index (χ1) is 9.74. The molecule has 0 atom stereocenters. The summed E-state index contributed by atoms with van der Waals surface area (Å²) in [5.41, 5.74) is 2.56. The maximum atomic E-state index is 4.32. The van der Waals surface area contributed by atoms with E-state index < -0.39 is 0 Å². The Kier molecular flexibility index (Phi) is 3.55. The van der Waals surface area contributed by atoms with E-state index in [2.05, 4.69) is 41.4 Å². The van der Waals surface area contributed by atoms with Gasteiger partial charge in [-0.2, -0.15) is 15.0 Å². The minimum absolute atomic E-state index is 0.550. The number of aromatic nitrogens is 7. The van der Waals surface area contributed by atoms with Gasteiger partial charge in [0.25, 0.3) is 0 Å². The number of pyridine rings is 1. The number of halogens is 1. The Labute approximate surface area is 123 Å². The van der Waals surface area contributed by atoms with E-state index in [1.165, 1.54) is 0 Å². The Balaban J connectivity index is 1.80. The average Bonchev–Trinajstić information content (AvgIpc) is 3.08. The Bertz CT molecular complexity index is 718. The van der Waals surface area contributed by atoms with E-state index in [-0.39, 0.29) is 0 Å². The molecule has 0 N–H and O–H groups in total. The van der Waals surface area contributed by atoms with E-state index in [1.807, 2.05) is 19.2 Å². The van der Waals surface area contributed by atoms with Gasteiger partial charge in [-0.25, -0.2) is 4.68 Å². The molecule has 102 valence electrons. The van der Waals surface area contributed by atoms with Crippen LogP contribution < -0.4 is 0 Å². The Morgan fingerprint density at radius 3 is 2.90 bits per heavy atom. The van der Waals surface area contributed by atoms with Crippen LogP contribution in [0.15, 0.2) is 35.3 Å². The lowest BCUT2D eigenvalue weighted by Crippen LogP contribution is -2.03. The van der Waals surface area contributed by atoms with Gasteiger partial charge in [-0.15, -0.1) is 5.10 Å². The first-order valence-electron chi connectivity index (χ1n) is 6.14. The second-order valence-electron chi connectivity index (χ2n) is 4.22. The molecule has 3 rings (SSSR count). The van der Waals surface area contributed by atoms with Crippen molar-refractivity contribution in [2.75, 3.05) is 0 Å². The third-order valence-corrected chi connectivity index (χ3v) is 3.16. The smallest absolute Gasteiger partial charge is 0.114 e. The molecule has 0 unspecified atom stereocenters. The van der Waals surface area contributed by atoms with Gasteiger partial charge in [0.15, 0.2) is 0 Å². The summed E-state index contributed by atoms with van der Waals surface area (Å²) >= 11 is 3.39. The van der Waals surface area contributed by atoms with Crippen LogP contribution in [0.1, 0.15) is 12.6 Å². The minimum Gasteiger partial charge on any atom is -0.263 e. The van der Waals surface area contributed by atoms with Crippen LogP contribution >= 0.6 is 15.9 Å². The number of hydrogen-bond acceptors (Lipinski definition) is 5. The summed E-state index contributed by atoms with van der Waals surface area (Å²) in [5, 5.41) is 16.7. The Morgan fingerprint density at radius 2 is 2.15 bits per heavy atom. The second-order valence-corrected chi connectivity index (χ2v) is 5.13. The van der Waals surface area contributed by atoms with Crippen molar-refractivity contribution in [2.45, 2.75) is 20.0 Å². The van der Waals surface area contributed by atoms with Crippen LogP contribution in [0.2, 0.25) is 0 Å².